The largest absolute Gasteiger partial charge is 0.497 e. The Balaban J connectivity index is 1.83. The average Bonchev–Trinajstić information content (AvgIpc) is 3.16. The third kappa shape index (κ3) is 5.28. The molecule has 0 aliphatic carbocycles. The summed E-state index contributed by atoms with van der Waals surface area (Å²) in [4.78, 5) is 32.0. The number of carbonyl (C=O) groups excluding carboxylic acids is 1. The number of ether oxygens (including phenoxy) is 3. The smallest absolute Gasteiger partial charge is 0.338 e. The number of methoxy groups -OCH3 is 1. The fourth-order valence-corrected chi connectivity index (χ4v) is 5.04. The maximum Gasteiger partial charge on any atom is 0.338 e. The van der Waals surface area contributed by atoms with Crippen LogP contribution >= 0.6 is 11.3 Å². The highest BCUT2D eigenvalue weighted by Gasteiger charge is 2.33. The Hall–Kier alpha value is -3.65. The number of rotatable bonds is 8. The molecule has 0 N–H and O–H groups in total. The van der Waals surface area contributed by atoms with Gasteiger partial charge in [-0.3, -0.25) is 9.36 Å². The molecular weight excluding hydrogens is 476 g/mol. The summed E-state index contributed by atoms with van der Waals surface area (Å²) in [6, 6.07) is 14.3. The van der Waals surface area contributed by atoms with E-state index in [4.69, 9.17) is 14.2 Å². The molecule has 0 saturated heterocycles. The molecule has 2 aromatic carbocycles. The van der Waals surface area contributed by atoms with Gasteiger partial charge in [0.05, 0.1) is 41.7 Å². The van der Waals surface area contributed by atoms with E-state index in [2.05, 4.69) is 11.9 Å². The average molecular weight is 507 g/mol. The van der Waals surface area contributed by atoms with Crippen molar-refractivity contribution in [2.24, 2.45) is 4.99 Å². The van der Waals surface area contributed by atoms with Crippen LogP contribution in [0.2, 0.25) is 0 Å². The lowest BCUT2D eigenvalue weighted by Crippen LogP contribution is -2.40. The lowest BCUT2D eigenvalue weighted by Gasteiger charge is -2.25. The number of hydrogen-bond donors (Lipinski definition) is 0. The van der Waals surface area contributed by atoms with Crippen molar-refractivity contribution in [2.45, 2.75) is 46.3 Å². The first-order chi connectivity index (χ1) is 17.3. The third-order valence-corrected chi connectivity index (χ3v) is 6.65. The van der Waals surface area contributed by atoms with Crippen LogP contribution in [0.3, 0.4) is 0 Å². The van der Waals surface area contributed by atoms with Gasteiger partial charge in [0.1, 0.15) is 11.5 Å². The predicted molar refractivity (Wildman–Crippen MR) is 140 cm³/mol. The highest BCUT2D eigenvalue weighted by molar-refractivity contribution is 7.07. The number of nitrogens with zero attached hydrogens (tertiary/aromatic N) is 2. The Kier molecular flexibility index (Phi) is 7.74. The lowest BCUT2D eigenvalue weighted by atomic mass is 9.96. The summed E-state index contributed by atoms with van der Waals surface area (Å²) in [7, 11) is 1.59. The van der Waals surface area contributed by atoms with Crippen LogP contribution in [0.1, 0.15) is 51.3 Å². The van der Waals surface area contributed by atoms with Crippen LogP contribution in [0.4, 0.5) is 0 Å². The molecule has 0 bridgehead atoms. The van der Waals surface area contributed by atoms with Crippen molar-refractivity contribution >= 4 is 23.4 Å². The van der Waals surface area contributed by atoms with E-state index in [0.29, 0.717) is 33.0 Å². The van der Waals surface area contributed by atoms with Gasteiger partial charge in [0.25, 0.3) is 5.56 Å². The van der Waals surface area contributed by atoms with E-state index in [1.807, 2.05) is 54.6 Å². The zero-order valence-electron chi connectivity index (χ0n) is 21.1. The van der Waals surface area contributed by atoms with Gasteiger partial charge in [-0.25, -0.2) is 9.79 Å². The molecule has 2 heterocycles. The molecule has 0 fully saturated rings. The van der Waals surface area contributed by atoms with Gasteiger partial charge in [-0.1, -0.05) is 42.5 Å². The first kappa shape index (κ1) is 25.4. The van der Waals surface area contributed by atoms with Gasteiger partial charge in [-0.05, 0) is 68.7 Å². The zero-order chi connectivity index (χ0) is 25.8. The first-order valence-corrected chi connectivity index (χ1v) is 12.7. The van der Waals surface area contributed by atoms with Crippen molar-refractivity contribution in [3.63, 3.8) is 0 Å². The zero-order valence-corrected chi connectivity index (χ0v) is 21.9. The Morgan fingerprint density at radius 3 is 2.39 bits per heavy atom. The minimum Gasteiger partial charge on any atom is -0.497 e. The molecule has 0 radical (unpaired) electrons. The minimum atomic E-state index is -0.662. The van der Waals surface area contributed by atoms with Crippen LogP contribution in [0, 0.1) is 0 Å². The maximum atomic E-state index is 13.7. The molecule has 8 heteroatoms. The van der Waals surface area contributed by atoms with E-state index >= 15 is 0 Å². The second-order valence-electron chi connectivity index (χ2n) is 8.73. The summed E-state index contributed by atoms with van der Waals surface area (Å²) >= 11 is 1.30. The molecule has 188 valence electrons. The van der Waals surface area contributed by atoms with Crippen LogP contribution in [0.5, 0.6) is 11.5 Å². The normalized spacial score (nSPS) is 15.5. The first-order valence-electron chi connectivity index (χ1n) is 11.9. The Labute approximate surface area is 214 Å². The highest BCUT2D eigenvalue weighted by Crippen LogP contribution is 2.31. The molecule has 36 heavy (non-hydrogen) atoms. The molecule has 0 spiro atoms. The number of allylic oxidation sites excluding steroid dienone is 1. The Bertz CT molecular complexity index is 1450. The van der Waals surface area contributed by atoms with Crippen LogP contribution < -0.4 is 24.4 Å². The van der Waals surface area contributed by atoms with Gasteiger partial charge in [0.15, 0.2) is 4.80 Å². The molecule has 3 aromatic rings. The molecular formula is C28H30N2O5S. The number of carbonyl (C=O) groups is 1. The van der Waals surface area contributed by atoms with E-state index in [1.54, 1.807) is 32.4 Å². The van der Waals surface area contributed by atoms with Crippen LogP contribution in [-0.4, -0.2) is 30.4 Å². The lowest BCUT2D eigenvalue weighted by molar-refractivity contribution is -0.143. The summed E-state index contributed by atoms with van der Waals surface area (Å²) in [6.45, 7) is 8.08. The summed E-state index contributed by atoms with van der Waals surface area (Å²) in [5.74, 6) is 0.993. The molecule has 0 saturated carbocycles. The summed E-state index contributed by atoms with van der Waals surface area (Å²) in [6.07, 6.45) is 2.47. The fourth-order valence-electron chi connectivity index (χ4n) is 3.99. The van der Waals surface area contributed by atoms with Gasteiger partial charge < -0.3 is 14.2 Å². The van der Waals surface area contributed by atoms with Crippen molar-refractivity contribution in [1.82, 2.24) is 4.57 Å². The van der Waals surface area contributed by atoms with Crippen LogP contribution in [0.15, 0.2) is 69.6 Å². The quantitative estimate of drug-likeness (QED) is 0.432. The van der Waals surface area contributed by atoms with Gasteiger partial charge in [-0.2, -0.15) is 0 Å². The number of fused-ring (bicyclic) bond motifs is 1. The van der Waals surface area contributed by atoms with Crippen LogP contribution in [0.25, 0.3) is 6.08 Å². The van der Waals surface area contributed by atoms with Gasteiger partial charge >= 0.3 is 5.97 Å². The standard InChI is InChI=1S/C28H30N2O5S/c1-6-15-34-22-11-7-19(8-12-22)16-23-26(31)30-25(20-9-13-21(33-5)14-10-20)24(27(32)35-17(2)3)18(4)29-28(30)36-23/h7-14,16-17,25H,6,15H2,1-5H3/b23-16-/t25-/m1/s1. The SMILES string of the molecule is CCCOc1ccc(/C=c2\sc3n(c2=O)[C@H](c2ccc(OC)cc2)C(C(=O)OC(C)C)=C(C)N=3)cc1. The maximum absolute atomic E-state index is 13.7. The van der Waals surface area contributed by atoms with Crippen LogP contribution in [-0.2, 0) is 9.53 Å². The molecule has 1 aromatic heterocycles. The van der Waals surface area contributed by atoms with Crippen molar-refractivity contribution in [3.8, 4) is 11.5 Å². The van der Waals surface area contributed by atoms with Gasteiger partial charge in [0.2, 0.25) is 0 Å². The van der Waals surface area contributed by atoms with Gasteiger partial charge in [-0.15, -0.1) is 0 Å². The van der Waals surface area contributed by atoms with Crippen molar-refractivity contribution in [2.75, 3.05) is 13.7 Å². The van der Waals surface area contributed by atoms with Crippen molar-refractivity contribution in [1.29, 1.82) is 0 Å². The fraction of sp³-hybridized carbons (Fsp3) is 0.321. The van der Waals surface area contributed by atoms with Crippen molar-refractivity contribution < 1.29 is 19.0 Å². The van der Waals surface area contributed by atoms with E-state index in [-0.39, 0.29) is 11.7 Å². The number of aromatic nitrogens is 1. The topological polar surface area (TPSA) is 79.1 Å². The molecule has 0 amide bonds. The predicted octanol–water partition coefficient (Wildman–Crippen LogP) is 3.98. The van der Waals surface area contributed by atoms with E-state index in [0.717, 1.165) is 23.3 Å². The summed E-state index contributed by atoms with van der Waals surface area (Å²) < 4.78 is 18.6. The molecule has 0 unspecified atom stereocenters. The van der Waals surface area contributed by atoms with E-state index < -0.39 is 12.0 Å². The number of thiazole rings is 1. The van der Waals surface area contributed by atoms with E-state index in [1.165, 1.54) is 11.3 Å². The molecule has 1 aliphatic heterocycles. The molecule has 7 nitrogen and oxygen atoms in total. The number of hydrogen-bond acceptors (Lipinski definition) is 7. The molecule has 4 rings (SSSR count). The molecule has 1 atom stereocenters. The number of esters is 1. The van der Waals surface area contributed by atoms with Gasteiger partial charge in [0, 0.05) is 0 Å². The minimum absolute atomic E-state index is 0.215. The second-order valence-corrected chi connectivity index (χ2v) is 9.74. The summed E-state index contributed by atoms with van der Waals surface area (Å²) in [5, 5.41) is 0. The Morgan fingerprint density at radius 1 is 1.11 bits per heavy atom. The number of benzene rings is 2. The third-order valence-electron chi connectivity index (χ3n) is 5.67. The molecule has 1 aliphatic rings. The summed E-state index contributed by atoms with van der Waals surface area (Å²) in [5.41, 5.74) is 2.32. The van der Waals surface area contributed by atoms with Crippen molar-refractivity contribution in [3.05, 3.63) is 90.6 Å². The second kappa shape index (κ2) is 11.0. The monoisotopic (exact) mass is 506 g/mol. The Morgan fingerprint density at radius 2 is 1.78 bits per heavy atom. The highest BCUT2D eigenvalue weighted by atomic mass is 32.1. The van der Waals surface area contributed by atoms with E-state index in [9.17, 15) is 9.59 Å².